The van der Waals surface area contributed by atoms with E-state index in [1.807, 2.05) is 0 Å². The molecule has 76 valence electrons. The molecule has 2 N–H and O–H groups in total. The van der Waals surface area contributed by atoms with Gasteiger partial charge in [-0.05, 0) is 6.92 Å². The average molecular weight is 195 g/mol. The number of carbonyl (C=O) groups excluding carboxylic acids is 1. The Morgan fingerprint density at radius 1 is 1.64 bits per heavy atom. The maximum atomic E-state index is 11.8. The molecule has 1 aromatic rings. The SMILES string of the molecule is CC(C(=O)N1CC(N)C1)n1cncn1. The first-order valence-corrected chi connectivity index (χ1v) is 4.57. The van der Waals surface area contributed by atoms with Crippen LogP contribution in [-0.4, -0.2) is 44.7 Å². The van der Waals surface area contributed by atoms with Gasteiger partial charge in [0.1, 0.15) is 18.7 Å². The molecule has 6 heteroatoms. The van der Waals surface area contributed by atoms with Crippen LogP contribution in [0.2, 0.25) is 0 Å². The van der Waals surface area contributed by atoms with Crippen molar-refractivity contribution in [3.8, 4) is 0 Å². The second-order valence-electron chi connectivity index (χ2n) is 3.55. The van der Waals surface area contributed by atoms with Gasteiger partial charge in [-0.3, -0.25) is 4.79 Å². The molecule has 0 aromatic carbocycles. The number of hydrogen-bond donors (Lipinski definition) is 1. The second kappa shape index (κ2) is 3.38. The zero-order valence-corrected chi connectivity index (χ0v) is 8.00. The molecule has 1 aromatic heterocycles. The quantitative estimate of drug-likeness (QED) is 0.657. The summed E-state index contributed by atoms with van der Waals surface area (Å²) in [5.41, 5.74) is 5.60. The van der Waals surface area contributed by atoms with Crippen molar-refractivity contribution in [3.63, 3.8) is 0 Å². The lowest BCUT2D eigenvalue weighted by molar-refractivity contribution is -0.138. The van der Waals surface area contributed by atoms with Crippen LogP contribution in [0.5, 0.6) is 0 Å². The molecule has 0 bridgehead atoms. The third-order valence-corrected chi connectivity index (χ3v) is 2.41. The van der Waals surface area contributed by atoms with Crippen molar-refractivity contribution in [2.45, 2.75) is 19.0 Å². The van der Waals surface area contributed by atoms with Gasteiger partial charge in [0, 0.05) is 19.1 Å². The third kappa shape index (κ3) is 1.48. The summed E-state index contributed by atoms with van der Waals surface area (Å²) in [6, 6.07) is -0.146. The highest BCUT2D eigenvalue weighted by molar-refractivity contribution is 5.80. The summed E-state index contributed by atoms with van der Waals surface area (Å²) >= 11 is 0. The molecule has 6 nitrogen and oxygen atoms in total. The minimum Gasteiger partial charge on any atom is -0.338 e. The first-order valence-electron chi connectivity index (χ1n) is 4.57. The highest BCUT2D eigenvalue weighted by atomic mass is 16.2. The molecule has 0 radical (unpaired) electrons. The number of nitrogens with two attached hydrogens (primary N) is 1. The zero-order valence-electron chi connectivity index (χ0n) is 8.00. The summed E-state index contributed by atoms with van der Waals surface area (Å²) in [7, 11) is 0. The second-order valence-corrected chi connectivity index (χ2v) is 3.55. The molecule has 1 aliphatic rings. The molecule has 1 amide bonds. The van der Waals surface area contributed by atoms with Crippen molar-refractivity contribution < 1.29 is 4.79 Å². The van der Waals surface area contributed by atoms with Crippen LogP contribution in [0.15, 0.2) is 12.7 Å². The lowest BCUT2D eigenvalue weighted by Crippen LogP contribution is -2.59. The van der Waals surface area contributed by atoms with E-state index in [-0.39, 0.29) is 18.0 Å². The van der Waals surface area contributed by atoms with Crippen LogP contribution in [0.4, 0.5) is 0 Å². The largest absolute Gasteiger partial charge is 0.338 e. The number of rotatable bonds is 2. The lowest BCUT2D eigenvalue weighted by atomic mass is 10.1. The Morgan fingerprint density at radius 3 is 2.86 bits per heavy atom. The van der Waals surface area contributed by atoms with Crippen molar-refractivity contribution in [1.82, 2.24) is 19.7 Å². The highest BCUT2D eigenvalue weighted by Gasteiger charge is 2.31. The third-order valence-electron chi connectivity index (χ3n) is 2.41. The molecule has 1 atom stereocenters. The average Bonchev–Trinajstić information content (AvgIpc) is 2.63. The van der Waals surface area contributed by atoms with Crippen LogP contribution < -0.4 is 5.73 Å². The van der Waals surface area contributed by atoms with Gasteiger partial charge >= 0.3 is 0 Å². The molecule has 2 heterocycles. The molecular weight excluding hydrogens is 182 g/mol. The Bertz CT molecular complexity index is 316. The Balaban J connectivity index is 1.99. The first-order chi connectivity index (χ1) is 6.68. The van der Waals surface area contributed by atoms with E-state index < -0.39 is 0 Å². The highest BCUT2D eigenvalue weighted by Crippen LogP contribution is 2.13. The van der Waals surface area contributed by atoms with E-state index in [9.17, 15) is 4.79 Å². The fourth-order valence-corrected chi connectivity index (χ4v) is 1.49. The summed E-state index contributed by atoms with van der Waals surface area (Å²) in [6.45, 7) is 3.11. The molecule has 1 aliphatic heterocycles. The Kier molecular flexibility index (Phi) is 2.20. The first kappa shape index (κ1) is 9.14. The van der Waals surface area contributed by atoms with Gasteiger partial charge in [0.25, 0.3) is 0 Å². The van der Waals surface area contributed by atoms with E-state index in [1.54, 1.807) is 22.8 Å². The van der Waals surface area contributed by atoms with E-state index in [1.165, 1.54) is 6.33 Å². The normalized spacial score (nSPS) is 19.1. The lowest BCUT2D eigenvalue weighted by Gasteiger charge is -2.38. The Hall–Kier alpha value is -1.43. The molecule has 1 unspecified atom stereocenters. The van der Waals surface area contributed by atoms with E-state index in [4.69, 9.17) is 5.73 Å². The molecule has 0 aliphatic carbocycles. The summed E-state index contributed by atoms with van der Waals surface area (Å²) in [4.78, 5) is 17.3. The van der Waals surface area contributed by atoms with E-state index in [0.29, 0.717) is 13.1 Å². The fraction of sp³-hybridized carbons (Fsp3) is 0.625. The van der Waals surface area contributed by atoms with Gasteiger partial charge in [0.05, 0.1) is 0 Å². The summed E-state index contributed by atoms with van der Waals surface area (Å²) < 4.78 is 1.55. The Morgan fingerprint density at radius 2 is 2.36 bits per heavy atom. The number of hydrogen-bond acceptors (Lipinski definition) is 4. The minimum absolute atomic E-state index is 0.0530. The monoisotopic (exact) mass is 195 g/mol. The zero-order chi connectivity index (χ0) is 10.1. The maximum Gasteiger partial charge on any atom is 0.247 e. The van der Waals surface area contributed by atoms with Crippen LogP contribution in [0.1, 0.15) is 13.0 Å². The molecule has 14 heavy (non-hydrogen) atoms. The van der Waals surface area contributed by atoms with E-state index in [2.05, 4.69) is 10.1 Å². The van der Waals surface area contributed by atoms with Crippen molar-refractivity contribution in [1.29, 1.82) is 0 Å². The van der Waals surface area contributed by atoms with Crippen LogP contribution in [0.3, 0.4) is 0 Å². The van der Waals surface area contributed by atoms with Crippen LogP contribution in [0, 0.1) is 0 Å². The number of aromatic nitrogens is 3. The van der Waals surface area contributed by atoms with Crippen molar-refractivity contribution in [2.24, 2.45) is 5.73 Å². The van der Waals surface area contributed by atoms with Gasteiger partial charge in [-0.15, -0.1) is 0 Å². The number of carbonyl (C=O) groups is 1. The molecule has 1 fully saturated rings. The summed E-state index contributed by atoms with van der Waals surface area (Å²) in [5.74, 6) is 0.0530. The standard InChI is InChI=1S/C8H13N5O/c1-6(13-5-10-4-11-13)8(14)12-2-7(9)3-12/h4-7H,2-3,9H2,1H3. The molecular formula is C8H13N5O. The van der Waals surface area contributed by atoms with Gasteiger partial charge < -0.3 is 10.6 Å². The predicted octanol–water partition coefficient (Wildman–Crippen LogP) is -0.991. The number of likely N-dealkylation sites (tertiary alicyclic amines) is 1. The van der Waals surface area contributed by atoms with Gasteiger partial charge in [0.2, 0.25) is 5.91 Å². The van der Waals surface area contributed by atoms with Crippen molar-refractivity contribution >= 4 is 5.91 Å². The molecule has 0 spiro atoms. The van der Waals surface area contributed by atoms with Gasteiger partial charge in [-0.25, -0.2) is 9.67 Å². The fourth-order valence-electron chi connectivity index (χ4n) is 1.49. The minimum atomic E-state index is -0.287. The van der Waals surface area contributed by atoms with Gasteiger partial charge in [-0.1, -0.05) is 0 Å². The van der Waals surface area contributed by atoms with Crippen molar-refractivity contribution in [2.75, 3.05) is 13.1 Å². The maximum absolute atomic E-state index is 11.8. The van der Waals surface area contributed by atoms with Crippen molar-refractivity contribution in [3.05, 3.63) is 12.7 Å². The van der Waals surface area contributed by atoms with E-state index >= 15 is 0 Å². The van der Waals surface area contributed by atoms with Crippen LogP contribution in [-0.2, 0) is 4.79 Å². The topological polar surface area (TPSA) is 77.0 Å². The van der Waals surface area contributed by atoms with Gasteiger partial charge in [0.15, 0.2) is 0 Å². The molecule has 1 saturated heterocycles. The van der Waals surface area contributed by atoms with Gasteiger partial charge in [-0.2, -0.15) is 5.10 Å². The smallest absolute Gasteiger partial charge is 0.247 e. The van der Waals surface area contributed by atoms with Crippen LogP contribution in [0.25, 0.3) is 0 Å². The van der Waals surface area contributed by atoms with E-state index in [0.717, 1.165) is 0 Å². The number of nitrogens with zero attached hydrogens (tertiary/aromatic N) is 4. The molecule has 2 rings (SSSR count). The summed E-state index contributed by atoms with van der Waals surface area (Å²) in [5, 5.41) is 3.92. The summed E-state index contributed by atoms with van der Waals surface area (Å²) in [6.07, 6.45) is 2.97. The number of amides is 1. The predicted molar refractivity (Wildman–Crippen MR) is 49.3 cm³/mol. The van der Waals surface area contributed by atoms with Crippen LogP contribution >= 0.6 is 0 Å². The Labute approximate surface area is 81.7 Å². The molecule has 0 saturated carbocycles.